The Kier molecular flexibility index (Phi) is 6.32. The summed E-state index contributed by atoms with van der Waals surface area (Å²) in [5.74, 6) is -0.975. The van der Waals surface area contributed by atoms with Crippen LogP contribution in [0.5, 0.6) is 0 Å². The van der Waals surface area contributed by atoms with Crippen molar-refractivity contribution in [1.29, 1.82) is 0 Å². The third kappa shape index (κ3) is 5.06. The van der Waals surface area contributed by atoms with Gasteiger partial charge in [-0.25, -0.2) is 4.39 Å². The van der Waals surface area contributed by atoms with Crippen molar-refractivity contribution in [2.75, 3.05) is 13.1 Å². The van der Waals surface area contributed by atoms with Crippen LogP contribution in [0.2, 0.25) is 5.02 Å². The number of nitrogens with one attached hydrogen (secondary N) is 1. The molecule has 126 valence electrons. The molecule has 2 rings (SSSR count). The minimum absolute atomic E-state index is 0.0553. The molecule has 0 unspecified atom stereocenters. The molecule has 0 aliphatic rings. The van der Waals surface area contributed by atoms with Gasteiger partial charge in [0.05, 0.1) is 6.54 Å². The van der Waals surface area contributed by atoms with E-state index in [2.05, 4.69) is 5.32 Å². The van der Waals surface area contributed by atoms with Crippen molar-refractivity contribution in [3.8, 4) is 0 Å². The van der Waals surface area contributed by atoms with Gasteiger partial charge in [0.25, 0.3) is 5.91 Å². The Labute approximate surface area is 145 Å². The van der Waals surface area contributed by atoms with Crippen LogP contribution >= 0.6 is 11.6 Å². The van der Waals surface area contributed by atoms with Crippen molar-refractivity contribution >= 4 is 23.4 Å². The molecule has 0 spiro atoms. The molecule has 0 heterocycles. The largest absolute Gasteiger partial charge is 0.350 e. The first-order valence-electron chi connectivity index (χ1n) is 7.55. The van der Waals surface area contributed by atoms with Crippen LogP contribution in [0.25, 0.3) is 0 Å². The number of carbonyl (C=O) groups is 2. The fourth-order valence-corrected chi connectivity index (χ4v) is 2.26. The molecule has 6 heteroatoms. The second kappa shape index (κ2) is 8.45. The van der Waals surface area contributed by atoms with E-state index in [0.29, 0.717) is 23.7 Å². The summed E-state index contributed by atoms with van der Waals surface area (Å²) in [6.45, 7) is 2.47. The topological polar surface area (TPSA) is 49.4 Å². The molecule has 2 amide bonds. The summed E-state index contributed by atoms with van der Waals surface area (Å²) in [6, 6.07) is 12.4. The molecule has 2 aromatic carbocycles. The molecular weight excluding hydrogens is 331 g/mol. The van der Waals surface area contributed by atoms with Crippen LogP contribution in [0.15, 0.2) is 48.5 Å². The van der Waals surface area contributed by atoms with Gasteiger partial charge in [0, 0.05) is 23.7 Å². The molecule has 4 nitrogen and oxygen atoms in total. The Morgan fingerprint density at radius 3 is 2.29 bits per heavy atom. The highest BCUT2D eigenvalue weighted by atomic mass is 35.5. The minimum Gasteiger partial charge on any atom is -0.350 e. The molecule has 0 radical (unpaired) electrons. The Hall–Kier alpha value is -2.40. The molecule has 0 atom stereocenters. The molecule has 0 aromatic heterocycles. The highest BCUT2D eigenvalue weighted by Crippen LogP contribution is 2.09. The van der Waals surface area contributed by atoms with Crippen molar-refractivity contribution in [2.24, 2.45) is 0 Å². The van der Waals surface area contributed by atoms with Crippen molar-refractivity contribution in [3.05, 3.63) is 70.5 Å². The molecule has 0 bridgehead atoms. The predicted molar refractivity (Wildman–Crippen MR) is 91.3 cm³/mol. The highest BCUT2D eigenvalue weighted by Gasteiger charge is 2.17. The number of halogens is 2. The quantitative estimate of drug-likeness (QED) is 0.871. The summed E-state index contributed by atoms with van der Waals surface area (Å²) in [7, 11) is 0. The van der Waals surface area contributed by atoms with Gasteiger partial charge in [-0.05, 0) is 48.9 Å². The Balaban J connectivity index is 1.91. The van der Waals surface area contributed by atoms with Crippen LogP contribution in [0.4, 0.5) is 4.39 Å². The van der Waals surface area contributed by atoms with Crippen LogP contribution in [0.1, 0.15) is 22.8 Å². The van der Waals surface area contributed by atoms with Crippen LogP contribution in [0, 0.1) is 5.82 Å². The Morgan fingerprint density at radius 2 is 1.71 bits per heavy atom. The zero-order valence-electron chi connectivity index (χ0n) is 13.3. The second-order valence-corrected chi connectivity index (χ2v) is 5.67. The number of carbonyl (C=O) groups excluding carboxylic acids is 2. The first-order chi connectivity index (χ1) is 11.5. The van der Waals surface area contributed by atoms with Crippen molar-refractivity contribution in [3.63, 3.8) is 0 Å². The first-order valence-corrected chi connectivity index (χ1v) is 7.93. The fraction of sp³-hybridized carbons (Fsp3) is 0.222. The zero-order valence-corrected chi connectivity index (χ0v) is 14.0. The third-order valence-electron chi connectivity index (χ3n) is 3.50. The lowest BCUT2D eigenvalue weighted by Gasteiger charge is -2.20. The van der Waals surface area contributed by atoms with E-state index in [4.69, 9.17) is 11.6 Å². The molecule has 0 saturated heterocycles. The zero-order chi connectivity index (χ0) is 17.5. The van der Waals surface area contributed by atoms with Crippen LogP contribution in [-0.4, -0.2) is 29.8 Å². The van der Waals surface area contributed by atoms with E-state index in [1.54, 1.807) is 19.1 Å². The van der Waals surface area contributed by atoms with Gasteiger partial charge in [0.1, 0.15) is 5.82 Å². The van der Waals surface area contributed by atoms with Crippen molar-refractivity contribution in [2.45, 2.75) is 13.5 Å². The number of amides is 2. The number of nitrogens with zero attached hydrogens (tertiary/aromatic N) is 1. The van der Waals surface area contributed by atoms with E-state index in [0.717, 1.165) is 5.56 Å². The SMILES string of the molecule is CCN(CC(=O)NCc1ccc(Cl)cc1)C(=O)c1ccc(F)cc1. The lowest BCUT2D eigenvalue weighted by atomic mass is 10.2. The molecule has 0 saturated carbocycles. The molecule has 24 heavy (non-hydrogen) atoms. The van der Waals surface area contributed by atoms with E-state index in [-0.39, 0.29) is 18.4 Å². The van der Waals surface area contributed by atoms with Gasteiger partial charge in [-0.3, -0.25) is 9.59 Å². The molecule has 0 aliphatic carbocycles. The van der Waals surface area contributed by atoms with Gasteiger partial charge in [0.15, 0.2) is 0 Å². The van der Waals surface area contributed by atoms with Gasteiger partial charge >= 0.3 is 0 Å². The maximum Gasteiger partial charge on any atom is 0.254 e. The number of hydrogen-bond acceptors (Lipinski definition) is 2. The summed E-state index contributed by atoms with van der Waals surface area (Å²) in [5.41, 5.74) is 1.27. The Bertz CT molecular complexity index is 702. The summed E-state index contributed by atoms with van der Waals surface area (Å²) in [4.78, 5) is 25.8. The first kappa shape index (κ1) is 17.9. The number of likely N-dealkylation sites (N-methyl/N-ethyl adjacent to an activating group) is 1. The number of benzene rings is 2. The maximum absolute atomic E-state index is 12.9. The van der Waals surface area contributed by atoms with E-state index in [9.17, 15) is 14.0 Å². The Morgan fingerprint density at radius 1 is 1.08 bits per heavy atom. The molecular formula is C18H18ClFN2O2. The summed E-state index contributed by atoms with van der Waals surface area (Å²) >= 11 is 5.81. The van der Waals surface area contributed by atoms with E-state index in [1.807, 2.05) is 12.1 Å². The van der Waals surface area contributed by atoms with E-state index >= 15 is 0 Å². The summed E-state index contributed by atoms with van der Waals surface area (Å²) in [5, 5.41) is 3.39. The van der Waals surface area contributed by atoms with Crippen molar-refractivity contribution in [1.82, 2.24) is 10.2 Å². The average Bonchev–Trinajstić information content (AvgIpc) is 2.59. The summed E-state index contributed by atoms with van der Waals surface area (Å²) in [6.07, 6.45) is 0. The molecule has 1 N–H and O–H groups in total. The molecule has 0 fully saturated rings. The lowest BCUT2D eigenvalue weighted by molar-refractivity contribution is -0.121. The highest BCUT2D eigenvalue weighted by molar-refractivity contribution is 6.30. The van der Waals surface area contributed by atoms with Crippen LogP contribution in [0.3, 0.4) is 0 Å². The third-order valence-corrected chi connectivity index (χ3v) is 3.75. The van der Waals surface area contributed by atoms with Gasteiger partial charge in [0.2, 0.25) is 5.91 Å². The van der Waals surface area contributed by atoms with Gasteiger partial charge < -0.3 is 10.2 Å². The maximum atomic E-state index is 12.9. The van der Waals surface area contributed by atoms with Crippen LogP contribution in [-0.2, 0) is 11.3 Å². The monoisotopic (exact) mass is 348 g/mol. The standard InChI is InChI=1S/C18H18ClFN2O2/c1-2-22(18(24)14-5-9-16(20)10-6-14)12-17(23)21-11-13-3-7-15(19)8-4-13/h3-10H,2,11-12H2,1H3,(H,21,23). The normalized spacial score (nSPS) is 10.3. The second-order valence-electron chi connectivity index (χ2n) is 5.23. The lowest BCUT2D eigenvalue weighted by Crippen LogP contribution is -2.40. The van der Waals surface area contributed by atoms with E-state index in [1.165, 1.54) is 29.2 Å². The fourth-order valence-electron chi connectivity index (χ4n) is 2.13. The van der Waals surface area contributed by atoms with Crippen LogP contribution < -0.4 is 5.32 Å². The summed E-state index contributed by atoms with van der Waals surface area (Å²) < 4.78 is 12.9. The molecule has 2 aromatic rings. The number of hydrogen-bond donors (Lipinski definition) is 1. The van der Waals surface area contributed by atoms with Gasteiger partial charge in [-0.1, -0.05) is 23.7 Å². The van der Waals surface area contributed by atoms with Crippen molar-refractivity contribution < 1.29 is 14.0 Å². The average molecular weight is 349 g/mol. The van der Waals surface area contributed by atoms with Gasteiger partial charge in [-0.2, -0.15) is 0 Å². The minimum atomic E-state index is -0.407. The number of rotatable bonds is 6. The molecule has 0 aliphatic heterocycles. The smallest absolute Gasteiger partial charge is 0.254 e. The predicted octanol–water partition coefficient (Wildman–Crippen LogP) is 3.26. The van der Waals surface area contributed by atoms with Gasteiger partial charge in [-0.15, -0.1) is 0 Å². The van der Waals surface area contributed by atoms with E-state index < -0.39 is 5.82 Å².